The number of carbonyl (C=O) groups excluding carboxylic acids is 2. The van der Waals surface area contributed by atoms with Gasteiger partial charge in [0.1, 0.15) is 0 Å². The summed E-state index contributed by atoms with van der Waals surface area (Å²) in [6.07, 6.45) is 1.63. The number of amides is 1. The topological polar surface area (TPSA) is 89.3 Å². The Morgan fingerprint density at radius 2 is 1.73 bits per heavy atom. The molecule has 4 rings (SSSR count). The number of hydrogen-bond donors (Lipinski definition) is 1. The van der Waals surface area contributed by atoms with E-state index >= 15 is 0 Å². The summed E-state index contributed by atoms with van der Waals surface area (Å²) in [4.78, 5) is 35.5. The summed E-state index contributed by atoms with van der Waals surface area (Å²) >= 11 is 0. The van der Waals surface area contributed by atoms with E-state index < -0.39 is 10.8 Å². The van der Waals surface area contributed by atoms with E-state index in [0.717, 1.165) is 16.3 Å². The summed E-state index contributed by atoms with van der Waals surface area (Å²) in [6, 6.07) is 16.5. The van der Waals surface area contributed by atoms with E-state index in [1.54, 1.807) is 18.2 Å². The van der Waals surface area contributed by atoms with Gasteiger partial charge in [-0.05, 0) is 23.1 Å². The maximum Gasteiger partial charge on any atom is 0.270 e. The van der Waals surface area contributed by atoms with Crippen LogP contribution in [-0.2, 0) is 0 Å². The number of allylic oxidation sites excluding steroid dienone is 1. The first kappa shape index (κ1) is 15.7. The molecule has 0 bridgehead atoms. The molecular formula is C20H12N2O4. The van der Waals surface area contributed by atoms with Gasteiger partial charge in [-0.15, -0.1) is 0 Å². The number of carbonyl (C=O) groups is 2. The standard InChI is InChI=1S/C20H12N2O4/c23-19-16-9-3-5-12-4-1-6-13(18(12)16)11-17(19)21-20(24)14-7-2-8-15(10-14)22(25)26/h1-11H,(H,21,24). The number of nitro groups is 1. The van der Waals surface area contributed by atoms with E-state index in [-0.39, 0.29) is 22.7 Å². The third kappa shape index (κ3) is 2.53. The fourth-order valence-electron chi connectivity index (χ4n) is 3.09. The van der Waals surface area contributed by atoms with Gasteiger partial charge < -0.3 is 5.32 Å². The quantitative estimate of drug-likeness (QED) is 0.579. The lowest BCUT2D eigenvalue weighted by molar-refractivity contribution is -0.384. The molecule has 0 unspecified atom stereocenters. The van der Waals surface area contributed by atoms with E-state index in [1.807, 2.05) is 24.3 Å². The number of rotatable bonds is 3. The zero-order chi connectivity index (χ0) is 18.3. The largest absolute Gasteiger partial charge is 0.319 e. The highest BCUT2D eigenvalue weighted by Crippen LogP contribution is 2.30. The zero-order valence-electron chi connectivity index (χ0n) is 13.4. The van der Waals surface area contributed by atoms with Crippen LogP contribution in [0.1, 0.15) is 26.3 Å². The highest BCUT2D eigenvalue weighted by molar-refractivity contribution is 6.24. The van der Waals surface area contributed by atoms with Crippen LogP contribution in [0.5, 0.6) is 0 Å². The molecule has 0 aromatic heterocycles. The van der Waals surface area contributed by atoms with Crippen molar-refractivity contribution < 1.29 is 14.5 Å². The Kier molecular flexibility index (Phi) is 3.58. The van der Waals surface area contributed by atoms with Gasteiger partial charge in [-0.25, -0.2) is 0 Å². The molecule has 126 valence electrons. The Hall–Kier alpha value is -3.80. The molecule has 0 saturated heterocycles. The van der Waals surface area contributed by atoms with Crippen molar-refractivity contribution in [3.8, 4) is 0 Å². The summed E-state index contributed by atoms with van der Waals surface area (Å²) in [5.74, 6) is -0.854. The molecule has 6 nitrogen and oxygen atoms in total. The first-order valence-electron chi connectivity index (χ1n) is 7.88. The van der Waals surface area contributed by atoms with Gasteiger partial charge in [0, 0.05) is 28.6 Å². The van der Waals surface area contributed by atoms with Crippen LogP contribution in [0.15, 0.2) is 66.4 Å². The molecule has 1 aliphatic carbocycles. The highest BCUT2D eigenvalue weighted by atomic mass is 16.6. The predicted octanol–water partition coefficient (Wildman–Crippen LogP) is 3.72. The number of nitrogens with one attached hydrogen (secondary N) is 1. The second-order valence-corrected chi connectivity index (χ2v) is 5.90. The van der Waals surface area contributed by atoms with Crippen molar-refractivity contribution in [2.75, 3.05) is 0 Å². The minimum absolute atomic E-state index is 0.116. The molecule has 0 radical (unpaired) electrons. The third-order valence-corrected chi connectivity index (χ3v) is 4.29. The second kappa shape index (κ2) is 5.93. The van der Waals surface area contributed by atoms with Crippen molar-refractivity contribution in [2.24, 2.45) is 0 Å². The average Bonchev–Trinajstić information content (AvgIpc) is 2.66. The van der Waals surface area contributed by atoms with Gasteiger partial charge in [-0.2, -0.15) is 0 Å². The van der Waals surface area contributed by atoms with Crippen LogP contribution in [0.25, 0.3) is 16.8 Å². The van der Waals surface area contributed by atoms with Crippen molar-refractivity contribution in [1.29, 1.82) is 0 Å². The van der Waals surface area contributed by atoms with E-state index in [2.05, 4.69) is 5.32 Å². The number of nitrogens with zero attached hydrogens (tertiary/aromatic N) is 1. The molecular weight excluding hydrogens is 332 g/mol. The summed E-state index contributed by atoms with van der Waals surface area (Å²) < 4.78 is 0. The minimum Gasteiger partial charge on any atom is -0.319 e. The molecule has 0 atom stereocenters. The fraction of sp³-hybridized carbons (Fsp3) is 0. The highest BCUT2D eigenvalue weighted by Gasteiger charge is 2.23. The normalized spacial score (nSPS) is 12.6. The molecule has 0 spiro atoms. The van der Waals surface area contributed by atoms with Gasteiger partial charge in [0.2, 0.25) is 5.78 Å². The van der Waals surface area contributed by atoms with Crippen LogP contribution < -0.4 is 5.32 Å². The summed E-state index contributed by atoms with van der Waals surface area (Å²) in [7, 11) is 0. The fourth-order valence-corrected chi connectivity index (χ4v) is 3.09. The molecule has 6 heteroatoms. The smallest absolute Gasteiger partial charge is 0.270 e. The van der Waals surface area contributed by atoms with Crippen LogP contribution in [0, 0.1) is 10.1 Å². The number of hydrogen-bond acceptors (Lipinski definition) is 4. The van der Waals surface area contributed by atoms with Crippen LogP contribution in [0.4, 0.5) is 5.69 Å². The van der Waals surface area contributed by atoms with Gasteiger partial charge in [0.05, 0.1) is 10.6 Å². The molecule has 3 aromatic carbocycles. The van der Waals surface area contributed by atoms with Crippen molar-refractivity contribution in [2.45, 2.75) is 0 Å². The lowest BCUT2D eigenvalue weighted by atomic mass is 9.90. The molecule has 3 aromatic rings. The van der Waals surface area contributed by atoms with Gasteiger partial charge in [-0.3, -0.25) is 19.7 Å². The number of nitro benzene ring substituents is 1. The van der Waals surface area contributed by atoms with Gasteiger partial charge in [0.25, 0.3) is 11.6 Å². The van der Waals surface area contributed by atoms with Crippen molar-refractivity contribution in [3.63, 3.8) is 0 Å². The maximum atomic E-state index is 12.8. The van der Waals surface area contributed by atoms with E-state index in [4.69, 9.17) is 0 Å². The lowest BCUT2D eigenvalue weighted by Crippen LogP contribution is -2.28. The van der Waals surface area contributed by atoms with Crippen LogP contribution >= 0.6 is 0 Å². The summed E-state index contributed by atoms with van der Waals surface area (Å²) in [5.41, 5.74) is 1.44. The molecule has 1 amide bonds. The monoisotopic (exact) mass is 344 g/mol. The molecule has 1 N–H and O–H groups in total. The van der Waals surface area contributed by atoms with Crippen molar-refractivity contribution in [3.05, 3.63) is 93.2 Å². The molecule has 0 heterocycles. The molecule has 0 fully saturated rings. The van der Waals surface area contributed by atoms with Crippen molar-refractivity contribution >= 4 is 34.2 Å². The van der Waals surface area contributed by atoms with E-state index in [9.17, 15) is 19.7 Å². The summed E-state index contributed by atoms with van der Waals surface area (Å²) in [5, 5.41) is 15.3. The number of ketones is 1. The Bertz CT molecular complexity index is 1130. The van der Waals surface area contributed by atoms with E-state index in [1.165, 1.54) is 24.3 Å². The lowest BCUT2D eigenvalue weighted by Gasteiger charge is -2.17. The van der Waals surface area contributed by atoms with Gasteiger partial charge in [-0.1, -0.05) is 42.5 Å². The van der Waals surface area contributed by atoms with Gasteiger partial charge >= 0.3 is 0 Å². The van der Waals surface area contributed by atoms with Crippen LogP contribution in [0.2, 0.25) is 0 Å². The SMILES string of the molecule is O=C(NC1=Cc2cccc3cccc(c23)C1=O)c1cccc([N+](=O)[O-])c1. The summed E-state index contributed by atoms with van der Waals surface area (Å²) in [6.45, 7) is 0. The predicted molar refractivity (Wildman–Crippen MR) is 96.8 cm³/mol. The van der Waals surface area contributed by atoms with E-state index in [0.29, 0.717) is 5.56 Å². The van der Waals surface area contributed by atoms with Gasteiger partial charge in [0.15, 0.2) is 0 Å². The second-order valence-electron chi connectivity index (χ2n) is 5.90. The Balaban J connectivity index is 1.71. The number of benzene rings is 3. The molecule has 1 aliphatic rings. The van der Waals surface area contributed by atoms with Crippen LogP contribution in [0.3, 0.4) is 0 Å². The minimum atomic E-state index is -0.571. The Morgan fingerprint density at radius 1 is 1.00 bits per heavy atom. The first-order chi connectivity index (χ1) is 12.5. The first-order valence-corrected chi connectivity index (χ1v) is 7.88. The molecule has 0 aliphatic heterocycles. The number of non-ortho nitro benzene ring substituents is 1. The number of Topliss-reactive ketones (excluding diaryl/α,β-unsaturated/α-hetero) is 1. The van der Waals surface area contributed by atoms with Crippen molar-refractivity contribution in [1.82, 2.24) is 5.32 Å². The zero-order valence-corrected chi connectivity index (χ0v) is 13.4. The Labute approximate surface area is 147 Å². The molecule has 0 saturated carbocycles. The molecule has 26 heavy (non-hydrogen) atoms. The Morgan fingerprint density at radius 3 is 2.50 bits per heavy atom. The maximum absolute atomic E-state index is 12.8. The third-order valence-electron chi connectivity index (χ3n) is 4.29. The van der Waals surface area contributed by atoms with Crippen LogP contribution in [-0.4, -0.2) is 16.6 Å². The average molecular weight is 344 g/mol.